The van der Waals surface area contributed by atoms with Gasteiger partial charge in [0.2, 0.25) is 0 Å². The number of phosphoric acid groups is 1. The Morgan fingerprint density at radius 1 is 1.24 bits per heavy atom. The van der Waals surface area contributed by atoms with Gasteiger partial charge in [0.05, 0.1) is 7.95 Å². The van der Waals surface area contributed by atoms with Crippen LogP contribution in [-0.4, -0.2) is 72.3 Å². The van der Waals surface area contributed by atoms with Crippen LogP contribution in [0, 0.1) is 0 Å². The third-order valence-electron chi connectivity index (χ3n) is 1.61. The monoisotopic (exact) mass is 278 g/mol. The molecule has 1 unspecified atom stereocenters. The first kappa shape index (κ1) is 14.5. The van der Waals surface area contributed by atoms with Crippen LogP contribution < -0.4 is 0 Å². The molecule has 10 nitrogen and oxygen atoms in total. The summed E-state index contributed by atoms with van der Waals surface area (Å²) in [6, 6.07) is 0. The maximum atomic E-state index is 10.3. The van der Waals surface area contributed by atoms with E-state index in [9.17, 15) is 19.6 Å². The fourth-order valence-electron chi connectivity index (χ4n) is 0.757. The first-order valence-corrected chi connectivity index (χ1v) is 5.61. The van der Waals surface area contributed by atoms with Gasteiger partial charge in [0.1, 0.15) is 18.3 Å². The largest absolute Gasteiger partial charge is 0.479 e. The Morgan fingerprint density at radius 2 is 1.71 bits per heavy atom. The molecule has 0 fully saturated rings. The van der Waals surface area contributed by atoms with Crippen LogP contribution in [-0.2, 0) is 13.9 Å². The standard InChI is InChI=1S/C6H13O10P/c7-2(1-16-17(13,14)15)3(8)4(9)5(10)6(11)12/h2-5,7-10H,1H2,(H,11,12)(H2,13,14,15)/t2-,3-,4+,5-/m1/s1/i1T/t1?,2-,3-,4+,5-. The summed E-state index contributed by atoms with van der Waals surface area (Å²) < 4.78 is 21.0. The number of carbonyl (C=O) groups is 1. The van der Waals surface area contributed by atoms with E-state index in [0.29, 0.717) is 0 Å². The van der Waals surface area contributed by atoms with Crippen molar-refractivity contribution in [1.29, 1.82) is 0 Å². The van der Waals surface area contributed by atoms with Crippen molar-refractivity contribution >= 4 is 13.8 Å². The summed E-state index contributed by atoms with van der Waals surface area (Å²) in [5, 5.41) is 44.6. The predicted octanol–water partition coefficient (Wildman–Crippen LogP) is -3.38. The van der Waals surface area contributed by atoms with Gasteiger partial charge in [0.15, 0.2) is 6.10 Å². The Kier molecular flexibility index (Phi) is 5.43. The second-order valence-corrected chi connectivity index (χ2v) is 4.18. The summed E-state index contributed by atoms with van der Waals surface area (Å²) in [5.74, 6) is -1.90. The van der Waals surface area contributed by atoms with Gasteiger partial charge in [-0.25, -0.2) is 9.36 Å². The number of carboxylic acid groups (broad SMARTS) is 1. The number of aliphatic hydroxyl groups is 4. The van der Waals surface area contributed by atoms with Crippen LogP contribution in [0.15, 0.2) is 0 Å². The lowest BCUT2D eigenvalue weighted by Crippen LogP contribution is -2.48. The van der Waals surface area contributed by atoms with Crippen molar-refractivity contribution in [1.82, 2.24) is 0 Å². The molecule has 0 saturated heterocycles. The maximum Gasteiger partial charge on any atom is 0.469 e. The summed E-state index contributed by atoms with van der Waals surface area (Å²) in [6.07, 6.45) is -9.52. The van der Waals surface area contributed by atoms with Crippen LogP contribution in [0.2, 0.25) is 0 Å². The van der Waals surface area contributed by atoms with Crippen LogP contribution in [0.25, 0.3) is 0 Å². The summed E-state index contributed by atoms with van der Waals surface area (Å²) in [7, 11) is -5.11. The zero-order chi connectivity index (χ0) is 14.7. The molecular weight excluding hydrogens is 263 g/mol. The molecule has 0 aromatic carbocycles. The quantitative estimate of drug-likeness (QED) is 0.232. The lowest BCUT2D eigenvalue weighted by atomic mass is 10.0. The van der Waals surface area contributed by atoms with Gasteiger partial charge in [0.25, 0.3) is 0 Å². The van der Waals surface area contributed by atoms with Gasteiger partial charge in [-0.3, -0.25) is 4.52 Å². The van der Waals surface area contributed by atoms with Gasteiger partial charge in [0, 0.05) is 0 Å². The molecule has 0 aliphatic rings. The van der Waals surface area contributed by atoms with Crippen LogP contribution >= 0.6 is 7.82 Å². The Balaban J connectivity index is 4.63. The van der Waals surface area contributed by atoms with Crippen molar-refractivity contribution < 1.29 is 50.6 Å². The van der Waals surface area contributed by atoms with Gasteiger partial charge in [-0.15, -0.1) is 0 Å². The number of hydrogen-bond acceptors (Lipinski definition) is 7. The Hall–Kier alpha value is -0.580. The first-order chi connectivity index (χ1) is 7.97. The van der Waals surface area contributed by atoms with Crippen molar-refractivity contribution in [3.05, 3.63) is 0 Å². The van der Waals surface area contributed by atoms with Gasteiger partial charge < -0.3 is 35.3 Å². The van der Waals surface area contributed by atoms with Crippen molar-refractivity contribution in [2.45, 2.75) is 24.4 Å². The van der Waals surface area contributed by atoms with Crippen molar-refractivity contribution in [3.63, 3.8) is 0 Å². The molecule has 0 radical (unpaired) electrons. The van der Waals surface area contributed by atoms with Crippen LogP contribution in [0.1, 0.15) is 1.37 Å². The molecule has 0 aliphatic heterocycles. The Bertz CT molecular complexity index is 330. The van der Waals surface area contributed by atoms with E-state index < -0.39 is 44.8 Å². The van der Waals surface area contributed by atoms with Crippen molar-refractivity contribution in [2.75, 3.05) is 6.58 Å². The minimum atomic E-state index is -5.11. The highest BCUT2D eigenvalue weighted by molar-refractivity contribution is 7.46. The highest BCUT2D eigenvalue weighted by atomic mass is 31.2. The average Bonchev–Trinajstić information content (AvgIpc) is 2.22. The summed E-state index contributed by atoms with van der Waals surface area (Å²) >= 11 is 0. The van der Waals surface area contributed by atoms with Crippen LogP contribution in [0.4, 0.5) is 0 Å². The topological polar surface area (TPSA) is 185 Å². The Labute approximate surface area is 96.4 Å². The predicted molar refractivity (Wildman–Crippen MR) is 49.7 cm³/mol. The van der Waals surface area contributed by atoms with E-state index in [-0.39, 0.29) is 0 Å². The summed E-state index contributed by atoms with van der Waals surface area (Å²) in [5.41, 5.74) is 0. The number of carboxylic acids is 1. The SMILES string of the molecule is [3H]C(OP(=O)(O)O)[C@@H](O)[C@@H](O)[C@H](O)[C@@H](O)C(=O)O. The van der Waals surface area contributed by atoms with E-state index in [2.05, 4.69) is 4.52 Å². The molecule has 11 heteroatoms. The lowest BCUT2D eigenvalue weighted by molar-refractivity contribution is -0.164. The molecule has 0 amide bonds. The molecule has 102 valence electrons. The number of rotatable bonds is 7. The van der Waals surface area contributed by atoms with Gasteiger partial charge >= 0.3 is 13.8 Å². The minimum Gasteiger partial charge on any atom is -0.479 e. The molecule has 0 aromatic heterocycles. The molecule has 0 rings (SSSR count). The van der Waals surface area contributed by atoms with E-state index in [4.69, 9.17) is 26.5 Å². The zero-order valence-corrected chi connectivity index (χ0v) is 9.08. The molecule has 0 saturated carbocycles. The number of phosphoric ester groups is 1. The van der Waals surface area contributed by atoms with E-state index in [1.54, 1.807) is 0 Å². The molecular formula is C6H13O10P. The normalized spacial score (nSPS) is 22.1. The minimum absolute atomic E-state index is 1.90. The average molecular weight is 278 g/mol. The summed E-state index contributed by atoms with van der Waals surface area (Å²) in [4.78, 5) is 26.9. The van der Waals surface area contributed by atoms with Gasteiger partial charge in [-0.1, -0.05) is 0 Å². The van der Waals surface area contributed by atoms with E-state index in [0.717, 1.165) is 0 Å². The first-order valence-electron chi connectivity index (χ1n) is 4.66. The van der Waals surface area contributed by atoms with Crippen LogP contribution in [0.5, 0.6) is 0 Å². The lowest BCUT2D eigenvalue weighted by Gasteiger charge is -2.24. The second-order valence-electron chi connectivity index (χ2n) is 2.99. The number of hydrogen-bond donors (Lipinski definition) is 7. The van der Waals surface area contributed by atoms with Gasteiger partial charge in [-0.05, 0) is 0 Å². The van der Waals surface area contributed by atoms with Crippen molar-refractivity contribution in [2.24, 2.45) is 0 Å². The molecule has 0 heterocycles. The van der Waals surface area contributed by atoms with Crippen molar-refractivity contribution in [3.8, 4) is 0 Å². The molecule has 0 aliphatic carbocycles. The fourth-order valence-corrected chi connectivity index (χ4v) is 1.04. The maximum absolute atomic E-state index is 10.3. The zero-order valence-electron chi connectivity index (χ0n) is 9.19. The molecule has 5 atom stereocenters. The number of aliphatic carboxylic acids is 1. The highest BCUT2D eigenvalue weighted by Gasteiger charge is 2.35. The molecule has 17 heavy (non-hydrogen) atoms. The number of aliphatic hydroxyl groups excluding tert-OH is 4. The fraction of sp³-hybridized carbons (Fsp3) is 0.833. The second kappa shape index (κ2) is 6.38. The third-order valence-corrected chi connectivity index (χ3v) is 2.01. The molecule has 0 bridgehead atoms. The van der Waals surface area contributed by atoms with Gasteiger partial charge in [-0.2, -0.15) is 0 Å². The van der Waals surface area contributed by atoms with E-state index in [1.165, 1.54) is 0 Å². The molecule has 0 aromatic rings. The Morgan fingerprint density at radius 3 is 2.06 bits per heavy atom. The highest BCUT2D eigenvalue weighted by Crippen LogP contribution is 2.35. The van der Waals surface area contributed by atoms with E-state index in [1.807, 2.05) is 0 Å². The molecule has 7 N–H and O–H groups in total. The smallest absolute Gasteiger partial charge is 0.469 e. The molecule has 0 spiro atoms. The summed E-state index contributed by atoms with van der Waals surface area (Å²) in [6.45, 7) is -2.35. The van der Waals surface area contributed by atoms with Crippen LogP contribution in [0.3, 0.4) is 0 Å². The third kappa shape index (κ3) is 6.05. The van der Waals surface area contributed by atoms with E-state index >= 15 is 0 Å².